The predicted molar refractivity (Wildman–Crippen MR) is 112 cm³/mol. The van der Waals surface area contributed by atoms with Crippen molar-refractivity contribution in [2.24, 2.45) is 0 Å². The third-order valence-corrected chi connectivity index (χ3v) is 4.10. The summed E-state index contributed by atoms with van der Waals surface area (Å²) in [7, 11) is 0. The minimum absolute atomic E-state index is 0.138. The Kier molecular flexibility index (Phi) is 6.01. The molecule has 3 aromatic rings. The van der Waals surface area contributed by atoms with Crippen molar-refractivity contribution in [2.45, 2.75) is 20.3 Å². The Hall–Kier alpha value is -3.67. The molecule has 3 rings (SSSR count). The maximum absolute atomic E-state index is 12.5. The molecule has 0 saturated carbocycles. The summed E-state index contributed by atoms with van der Waals surface area (Å²) >= 11 is 0. The van der Waals surface area contributed by atoms with E-state index in [4.69, 9.17) is 0 Å². The van der Waals surface area contributed by atoms with Gasteiger partial charge < -0.3 is 16.0 Å². The molecule has 0 aliphatic rings. The molecule has 0 aliphatic carbocycles. The Morgan fingerprint density at radius 3 is 2.36 bits per heavy atom. The summed E-state index contributed by atoms with van der Waals surface area (Å²) in [5.41, 5.74) is 3.90. The van der Waals surface area contributed by atoms with Gasteiger partial charge in [-0.1, -0.05) is 25.1 Å². The van der Waals surface area contributed by atoms with Crippen LogP contribution in [-0.4, -0.2) is 16.8 Å². The molecule has 0 unspecified atom stereocenters. The third-order valence-electron chi connectivity index (χ3n) is 4.10. The summed E-state index contributed by atoms with van der Waals surface area (Å²) in [6.45, 7) is 3.55. The van der Waals surface area contributed by atoms with Gasteiger partial charge in [-0.15, -0.1) is 0 Å². The van der Waals surface area contributed by atoms with E-state index in [9.17, 15) is 9.59 Å². The fraction of sp³-hybridized carbons (Fsp3) is 0.136. The number of aromatic nitrogens is 1. The molecule has 3 N–H and O–H groups in total. The molecule has 2 aromatic carbocycles. The minimum atomic E-state index is -0.207. The number of carbonyl (C=O) groups is 2. The van der Waals surface area contributed by atoms with Crippen LogP contribution in [0.4, 0.5) is 22.9 Å². The van der Waals surface area contributed by atoms with Crippen LogP contribution in [0.25, 0.3) is 0 Å². The van der Waals surface area contributed by atoms with Gasteiger partial charge in [0, 0.05) is 35.7 Å². The van der Waals surface area contributed by atoms with Crippen molar-refractivity contribution >= 4 is 34.7 Å². The zero-order chi connectivity index (χ0) is 19.9. The zero-order valence-corrected chi connectivity index (χ0v) is 15.8. The Balaban J connectivity index is 1.71. The Morgan fingerprint density at radius 2 is 1.64 bits per heavy atom. The van der Waals surface area contributed by atoms with E-state index < -0.39 is 0 Å². The van der Waals surface area contributed by atoms with E-state index in [1.165, 1.54) is 12.5 Å². The summed E-state index contributed by atoms with van der Waals surface area (Å²) in [5.74, 6) is 0.191. The first kappa shape index (κ1) is 19.1. The molecule has 0 aliphatic heterocycles. The molecule has 0 saturated heterocycles. The average Bonchev–Trinajstić information content (AvgIpc) is 2.68. The number of rotatable bonds is 6. The number of benzene rings is 2. The van der Waals surface area contributed by atoms with Crippen molar-refractivity contribution in [1.29, 1.82) is 0 Å². The highest BCUT2D eigenvalue weighted by atomic mass is 16.2. The van der Waals surface area contributed by atoms with Crippen molar-refractivity contribution in [3.63, 3.8) is 0 Å². The largest absolute Gasteiger partial charge is 0.340 e. The molecule has 6 nitrogen and oxygen atoms in total. The van der Waals surface area contributed by atoms with Crippen LogP contribution in [0, 0.1) is 0 Å². The number of nitrogens with zero attached hydrogens (tertiary/aromatic N) is 1. The number of hydrogen-bond donors (Lipinski definition) is 3. The summed E-state index contributed by atoms with van der Waals surface area (Å²) in [5, 5.41) is 8.77. The molecular weight excluding hydrogens is 352 g/mol. The number of anilines is 4. The standard InChI is InChI=1S/C22H22N4O2/c1-3-16-7-9-18(10-8-16)26-22(28)17-11-12-23-21(13-17)25-20-6-4-5-19(14-20)24-15(2)27/h4-14H,3H2,1-2H3,(H,23,25)(H,24,27)(H,26,28). The van der Waals surface area contributed by atoms with E-state index in [1.807, 2.05) is 36.4 Å². The Labute approximate surface area is 164 Å². The van der Waals surface area contributed by atoms with Crippen LogP contribution in [-0.2, 0) is 11.2 Å². The van der Waals surface area contributed by atoms with Gasteiger partial charge in [0.2, 0.25) is 5.91 Å². The molecule has 0 spiro atoms. The second kappa shape index (κ2) is 8.81. The number of nitrogens with one attached hydrogen (secondary N) is 3. The maximum Gasteiger partial charge on any atom is 0.255 e. The molecule has 142 valence electrons. The van der Waals surface area contributed by atoms with E-state index in [1.54, 1.807) is 30.5 Å². The van der Waals surface area contributed by atoms with Crippen molar-refractivity contribution in [3.8, 4) is 0 Å². The summed E-state index contributed by atoms with van der Waals surface area (Å²) in [6.07, 6.45) is 2.53. The van der Waals surface area contributed by atoms with Gasteiger partial charge in [-0.3, -0.25) is 9.59 Å². The van der Waals surface area contributed by atoms with Crippen molar-refractivity contribution in [1.82, 2.24) is 4.98 Å². The monoisotopic (exact) mass is 374 g/mol. The van der Waals surface area contributed by atoms with Crippen molar-refractivity contribution in [3.05, 3.63) is 78.0 Å². The van der Waals surface area contributed by atoms with E-state index in [0.29, 0.717) is 17.1 Å². The maximum atomic E-state index is 12.5. The highest BCUT2D eigenvalue weighted by Gasteiger charge is 2.08. The van der Waals surface area contributed by atoms with Gasteiger partial charge in [-0.05, 0) is 54.4 Å². The van der Waals surface area contributed by atoms with Crippen molar-refractivity contribution < 1.29 is 9.59 Å². The third kappa shape index (κ3) is 5.17. The normalized spacial score (nSPS) is 10.2. The topological polar surface area (TPSA) is 83.1 Å². The lowest BCUT2D eigenvalue weighted by Crippen LogP contribution is -2.12. The van der Waals surface area contributed by atoms with Crippen LogP contribution >= 0.6 is 0 Å². The lowest BCUT2D eigenvalue weighted by atomic mass is 10.1. The molecule has 1 heterocycles. The average molecular weight is 374 g/mol. The number of pyridine rings is 1. The molecular formula is C22H22N4O2. The highest BCUT2D eigenvalue weighted by Crippen LogP contribution is 2.20. The Morgan fingerprint density at radius 1 is 0.893 bits per heavy atom. The van der Waals surface area contributed by atoms with Crippen LogP contribution in [0.15, 0.2) is 66.9 Å². The second-order valence-corrected chi connectivity index (χ2v) is 6.32. The van der Waals surface area contributed by atoms with Crippen molar-refractivity contribution in [2.75, 3.05) is 16.0 Å². The number of hydrogen-bond acceptors (Lipinski definition) is 4. The molecule has 0 radical (unpaired) electrons. The van der Waals surface area contributed by atoms with Gasteiger partial charge >= 0.3 is 0 Å². The van der Waals surface area contributed by atoms with Gasteiger partial charge in [0.1, 0.15) is 5.82 Å². The summed E-state index contributed by atoms with van der Waals surface area (Å²) in [4.78, 5) is 28.0. The quantitative estimate of drug-likeness (QED) is 0.589. The van der Waals surface area contributed by atoms with Gasteiger partial charge in [0.05, 0.1) is 0 Å². The number of amides is 2. The van der Waals surface area contributed by atoms with Crippen LogP contribution in [0.1, 0.15) is 29.8 Å². The van der Waals surface area contributed by atoms with E-state index >= 15 is 0 Å². The van der Waals surface area contributed by atoms with E-state index in [2.05, 4.69) is 27.9 Å². The molecule has 1 aromatic heterocycles. The smallest absolute Gasteiger partial charge is 0.255 e. The van der Waals surface area contributed by atoms with E-state index in [-0.39, 0.29) is 11.8 Å². The molecule has 0 fully saturated rings. The molecule has 28 heavy (non-hydrogen) atoms. The summed E-state index contributed by atoms with van der Waals surface area (Å²) < 4.78 is 0. The second-order valence-electron chi connectivity index (χ2n) is 6.32. The number of aryl methyl sites for hydroxylation is 1. The molecule has 2 amide bonds. The van der Waals surface area contributed by atoms with Gasteiger partial charge in [0.15, 0.2) is 0 Å². The first-order chi connectivity index (χ1) is 13.5. The van der Waals surface area contributed by atoms with Crippen LogP contribution in [0.5, 0.6) is 0 Å². The van der Waals surface area contributed by atoms with Crippen LogP contribution < -0.4 is 16.0 Å². The van der Waals surface area contributed by atoms with Gasteiger partial charge in [-0.2, -0.15) is 0 Å². The summed E-state index contributed by atoms with van der Waals surface area (Å²) in [6, 6.07) is 18.4. The zero-order valence-electron chi connectivity index (χ0n) is 15.8. The minimum Gasteiger partial charge on any atom is -0.340 e. The lowest BCUT2D eigenvalue weighted by Gasteiger charge is -2.10. The molecule has 6 heteroatoms. The highest BCUT2D eigenvalue weighted by molar-refractivity contribution is 6.04. The SMILES string of the molecule is CCc1ccc(NC(=O)c2ccnc(Nc3cccc(NC(C)=O)c3)c2)cc1. The first-order valence-corrected chi connectivity index (χ1v) is 9.04. The predicted octanol–water partition coefficient (Wildman–Crippen LogP) is 4.60. The molecule has 0 bridgehead atoms. The molecule has 0 atom stereocenters. The van der Waals surface area contributed by atoms with Gasteiger partial charge in [-0.25, -0.2) is 4.98 Å². The lowest BCUT2D eigenvalue weighted by molar-refractivity contribution is -0.114. The fourth-order valence-electron chi connectivity index (χ4n) is 2.69. The van der Waals surface area contributed by atoms with E-state index in [0.717, 1.165) is 17.8 Å². The van der Waals surface area contributed by atoms with Crippen LogP contribution in [0.2, 0.25) is 0 Å². The van der Waals surface area contributed by atoms with Gasteiger partial charge in [0.25, 0.3) is 5.91 Å². The van der Waals surface area contributed by atoms with Crippen LogP contribution in [0.3, 0.4) is 0 Å². The first-order valence-electron chi connectivity index (χ1n) is 9.04. The Bertz CT molecular complexity index is 984. The fourth-order valence-corrected chi connectivity index (χ4v) is 2.69. The number of carbonyl (C=O) groups excluding carboxylic acids is 2.